The Morgan fingerprint density at radius 1 is 1.75 bits per heavy atom. The highest BCUT2D eigenvalue weighted by Gasteiger charge is 2.30. The molecule has 0 spiro atoms. The summed E-state index contributed by atoms with van der Waals surface area (Å²) < 4.78 is 0.504. The molecule has 12 heavy (non-hydrogen) atoms. The number of hydrogen-bond donors (Lipinski definition) is 0. The van der Waals surface area contributed by atoms with Crippen molar-refractivity contribution < 1.29 is 9.72 Å². The van der Waals surface area contributed by atoms with Crippen molar-refractivity contribution in [3.05, 3.63) is 20.7 Å². The standard InChI is InChI=1S/C6H5BrN2O3/c1-3-4(7)2-5(9(11)12)6(10)8-3/h2,5H,1H3/t5-/m0/s1. The van der Waals surface area contributed by atoms with Gasteiger partial charge in [-0.1, -0.05) is 0 Å². The lowest BCUT2D eigenvalue weighted by Crippen LogP contribution is -2.29. The van der Waals surface area contributed by atoms with Gasteiger partial charge in [0, 0.05) is 15.5 Å². The zero-order valence-corrected chi connectivity index (χ0v) is 7.74. The molecule has 1 aliphatic heterocycles. The van der Waals surface area contributed by atoms with Gasteiger partial charge in [0.2, 0.25) is 0 Å². The van der Waals surface area contributed by atoms with Gasteiger partial charge < -0.3 is 0 Å². The number of nitrogens with zero attached hydrogens (tertiary/aromatic N) is 2. The van der Waals surface area contributed by atoms with E-state index in [-0.39, 0.29) is 0 Å². The van der Waals surface area contributed by atoms with E-state index < -0.39 is 16.9 Å². The second-order valence-electron chi connectivity index (χ2n) is 2.28. The van der Waals surface area contributed by atoms with E-state index in [4.69, 9.17) is 0 Å². The van der Waals surface area contributed by atoms with Crippen LogP contribution in [0.5, 0.6) is 0 Å². The number of dihydropyridines is 1. The summed E-state index contributed by atoms with van der Waals surface area (Å²) >= 11 is 3.06. The summed E-state index contributed by atoms with van der Waals surface area (Å²) in [5, 5.41) is 10.3. The van der Waals surface area contributed by atoms with E-state index in [1.807, 2.05) is 0 Å². The van der Waals surface area contributed by atoms with Crippen LogP contribution in [0.25, 0.3) is 0 Å². The lowest BCUT2D eigenvalue weighted by Gasteiger charge is -2.07. The molecule has 5 nitrogen and oxygen atoms in total. The zero-order valence-electron chi connectivity index (χ0n) is 6.15. The van der Waals surface area contributed by atoms with Crippen molar-refractivity contribution in [1.82, 2.24) is 0 Å². The highest BCUT2D eigenvalue weighted by Crippen LogP contribution is 2.16. The minimum absolute atomic E-state index is 0.470. The maximum Gasteiger partial charge on any atom is 0.324 e. The first kappa shape index (κ1) is 9.05. The quantitative estimate of drug-likeness (QED) is 0.499. The molecule has 1 aliphatic rings. The Bertz CT molecular complexity index is 308. The first-order chi connectivity index (χ1) is 5.52. The van der Waals surface area contributed by atoms with E-state index in [2.05, 4.69) is 20.9 Å². The lowest BCUT2D eigenvalue weighted by molar-refractivity contribution is -0.495. The minimum atomic E-state index is -1.33. The molecule has 1 atom stereocenters. The summed E-state index contributed by atoms with van der Waals surface area (Å²) in [5.74, 6) is -0.722. The number of allylic oxidation sites excluding steroid dienone is 1. The molecule has 1 rings (SSSR count). The predicted molar refractivity (Wildman–Crippen MR) is 45.9 cm³/mol. The topological polar surface area (TPSA) is 72.6 Å². The monoisotopic (exact) mass is 232 g/mol. The molecule has 0 unspecified atom stereocenters. The number of carbonyl (C=O) groups excluding carboxylic acids is 1. The van der Waals surface area contributed by atoms with Crippen molar-refractivity contribution in [3.8, 4) is 0 Å². The average Bonchev–Trinajstić information content (AvgIpc) is 1.96. The Morgan fingerprint density at radius 2 is 2.33 bits per heavy atom. The Labute approximate surface area is 76.4 Å². The molecule has 1 amide bonds. The second kappa shape index (κ2) is 3.14. The van der Waals surface area contributed by atoms with E-state index >= 15 is 0 Å². The average molecular weight is 233 g/mol. The second-order valence-corrected chi connectivity index (χ2v) is 3.13. The summed E-state index contributed by atoms with van der Waals surface area (Å²) in [6.45, 7) is 1.61. The van der Waals surface area contributed by atoms with Crippen LogP contribution in [0.4, 0.5) is 0 Å². The lowest BCUT2D eigenvalue weighted by atomic mass is 10.2. The Kier molecular flexibility index (Phi) is 2.37. The predicted octanol–water partition coefficient (Wildman–Crippen LogP) is 0.912. The molecule has 0 bridgehead atoms. The molecular weight excluding hydrogens is 228 g/mol. The highest BCUT2D eigenvalue weighted by atomic mass is 79.9. The van der Waals surface area contributed by atoms with Crippen LogP contribution in [0.2, 0.25) is 0 Å². The van der Waals surface area contributed by atoms with E-state index in [9.17, 15) is 14.9 Å². The summed E-state index contributed by atoms with van der Waals surface area (Å²) in [6.07, 6.45) is 1.24. The SMILES string of the molecule is CC1=NC(=O)[C@@H]([N+](=O)[O-])C=C1Br. The van der Waals surface area contributed by atoms with Gasteiger partial charge in [-0.3, -0.25) is 14.9 Å². The largest absolute Gasteiger partial charge is 0.324 e. The molecule has 0 aliphatic carbocycles. The summed E-state index contributed by atoms with van der Waals surface area (Å²) in [6, 6.07) is -1.33. The van der Waals surface area contributed by atoms with Crippen LogP contribution in [0.1, 0.15) is 6.92 Å². The normalized spacial score (nSPS) is 23.2. The number of amides is 1. The third-order valence-electron chi connectivity index (χ3n) is 1.41. The molecule has 6 heteroatoms. The number of halogens is 1. The van der Waals surface area contributed by atoms with Crippen LogP contribution in [0.3, 0.4) is 0 Å². The van der Waals surface area contributed by atoms with Gasteiger partial charge in [0.15, 0.2) is 0 Å². The van der Waals surface area contributed by atoms with Gasteiger partial charge in [0.1, 0.15) is 0 Å². The van der Waals surface area contributed by atoms with Gasteiger partial charge in [-0.25, -0.2) is 4.99 Å². The molecule has 64 valence electrons. The fraction of sp³-hybridized carbons (Fsp3) is 0.333. The highest BCUT2D eigenvalue weighted by molar-refractivity contribution is 9.12. The van der Waals surface area contributed by atoms with E-state index in [0.29, 0.717) is 10.2 Å². The third-order valence-corrected chi connectivity index (χ3v) is 2.25. The van der Waals surface area contributed by atoms with Crippen molar-refractivity contribution in [1.29, 1.82) is 0 Å². The van der Waals surface area contributed by atoms with Crippen LogP contribution in [0.15, 0.2) is 15.6 Å². The van der Waals surface area contributed by atoms with Crippen molar-refractivity contribution in [2.75, 3.05) is 0 Å². The van der Waals surface area contributed by atoms with Gasteiger partial charge in [-0.15, -0.1) is 0 Å². The maximum atomic E-state index is 10.9. The van der Waals surface area contributed by atoms with Gasteiger partial charge in [0.25, 0.3) is 0 Å². The van der Waals surface area contributed by atoms with Crippen LogP contribution < -0.4 is 0 Å². The number of hydrogen-bond acceptors (Lipinski definition) is 3. The first-order valence-electron chi connectivity index (χ1n) is 3.12. The first-order valence-corrected chi connectivity index (χ1v) is 3.92. The zero-order chi connectivity index (χ0) is 9.30. The molecule has 0 saturated heterocycles. The van der Waals surface area contributed by atoms with Gasteiger partial charge in [0.05, 0.1) is 5.71 Å². The Hall–Kier alpha value is -1.04. The molecule has 0 aromatic heterocycles. The van der Waals surface area contributed by atoms with E-state index in [1.165, 1.54) is 6.08 Å². The summed E-state index contributed by atoms with van der Waals surface area (Å²) in [7, 11) is 0. The third kappa shape index (κ3) is 1.58. The maximum absolute atomic E-state index is 10.9. The van der Waals surface area contributed by atoms with Crippen LogP contribution in [-0.4, -0.2) is 22.6 Å². The molecule has 0 saturated carbocycles. The van der Waals surface area contributed by atoms with Crippen molar-refractivity contribution >= 4 is 27.5 Å². The Morgan fingerprint density at radius 3 is 2.83 bits per heavy atom. The van der Waals surface area contributed by atoms with Crippen molar-refractivity contribution in [2.45, 2.75) is 13.0 Å². The number of aliphatic imine (C=N–C) groups is 1. The molecule has 0 aromatic rings. The number of carbonyl (C=O) groups is 1. The van der Waals surface area contributed by atoms with E-state index in [1.54, 1.807) is 6.92 Å². The number of rotatable bonds is 1. The molecule has 0 radical (unpaired) electrons. The van der Waals surface area contributed by atoms with Gasteiger partial charge in [-0.05, 0) is 22.9 Å². The summed E-state index contributed by atoms with van der Waals surface area (Å²) in [5.41, 5.74) is 0.470. The molecule has 1 heterocycles. The van der Waals surface area contributed by atoms with Crippen molar-refractivity contribution in [2.24, 2.45) is 4.99 Å². The minimum Gasteiger partial charge on any atom is -0.264 e. The molecule has 0 fully saturated rings. The number of nitro groups is 1. The Balaban J connectivity index is 2.99. The summed E-state index contributed by atoms with van der Waals surface area (Å²) in [4.78, 5) is 24.0. The van der Waals surface area contributed by atoms with Crippen molar-refractivity contribution in [3.63, 3.8) is 0 Å². The van der Waals surface area contributed by atoms with Crippen LogP contribution in [-0.2, 0) is 4.79 Å². The van der Waals surface area contributed by atoms with Gasteiger partial charge in [-0.2, -0.15) is 0 Å². The molecule has 0 N–H and O–H groups in total. The van der Waals surface area contributed by atoms with E-state index in [0.717, 1.165) is 0 Å². The molecule has 0 aromatic carbocycles. The fourth-order valence-electron chi connectivity index (χ4n) is 0.766. The molecular formula is C6H5BrN2O3. The smallest absolute Gasteiger partial charge is 0.264 e. The van der Waals surface area contributed by atoms with Crippen LogP contribution >= 0.6 is 15.9 Å². The fourth-order valence-corrected chi connectivity index (χ4v) is 1.11. The van der Waals surface area contributed by atoms with Gasteiger partial charge >= 0.3 is 11.9 Å². The van der Waals surface area contributed by atoms with Crippen LogP contribution in [0, 0.1) is 10.1 Å².